The minimum Gasteiger partial charge on any atom is -0.428 e. The molecule has 0 aromatic heterocycles. The molecule has 0 amide bonds. The van der Waals surface area contributed by atoms with Gasteiger partial charge in [-0.05, 0) is 98.4 Å². The SMILES string of the molecule is CC[NH+]=C1C=C/C(=C(\c2ccc(N(CC)CC)cc2)c2ccc(N(CC)CCCS(=O)(=O)[N-]S(=O)(=O)C(F)(F)F)cc2)c2ccccc21. The molecule has 3 aromatic carbocycles. The normalized spacial score (nSPS) is 15.4. The lowest BCUT2D eigenvalue weighted by atomic mass is 9.83. The van der Waals surface area contributed by atoms with Gasteiger partial charge in [-0.15, -0.1) is 0 Å². The minimum atomic E-state index is -6.14. The number of hydrogen-bond acceptors (Lipinski definition) is 6. The first-order chi connectivity index (χ1) is 22.7. The van der Waals surface area contributed by atoms with Gasteiger partial charge in [-0.3, -0.25) is 0 Å². The Morgan fingerprint density at radius 3 is 1.75 bits per heavy atom. The van der Waals surface area contributed by atoms with Gasteiger partial charge in [-0.1, -0.05) is 42.5 Å². The highest BCUT2D eigenvalue weighted by Gasteiger charge is 2.40. The minimum absolute atomic E-state index is 0.116. The monoisotopic (exact) mass is 702 g/mol. The molecule has 258 valence electrons. The summed E-state index contributed by atoms with van der Waals surface area (Å²) in [5, 5.41) is 0. The number of benzene rings is 3. The molecule has 13 heteroatoms. The van der Waals surface area contributed by atoms with E-state index < -0.39 is 31.3 Å². The van der Waals surface area contributed by atoms with Gasteiger partial charge in [0.1, 0.15) is 6.54 Å². The number of hydrogen-bond donors (Lipinski definition) is 1. The number of sulfonamides is 2. The Kier molecular flexibility index (Phi) is 11.9. The van der Waals surface area contributed by atoms with Crippen molar-refractivity contribution in [1.82, 2.24) is 0 Å². The third-order valence-corrected chi connectivity index (χ3v) is 11.2. The first-order valence-electron chi connectivity index (χ1n) is 15.9. The topological polar surface area (TPSA) is 103 Å². The van der Waals surface area contributed by atoms with Crippen molar-refractivity contribution in [3.63, 3.8) is 0 Å². The third-order valence-electron chi connectivity index (χ3n) is 8.08. The van der Waals surface area contributed by atoms with Crippen LogP contribution in [0.3, 0.4) is 0 Å². The fourth-order valence-corrected chi connectivity index (χ4v) is 8.07. The lowest BCUT2D eigenvalue weighted by molar-refractivity contribution is -0.450. The van der Waals surface area contributed by atoms with Crippen molar-refractivity contribution in [2.75, 3.05) is 48.3 Å². The van der Waals surface area contributed by atoms with Crippen molar-refractivity contribution in [3.8, 4) is 0 Å². The largest absolute Gasteiger partial charge is 0.480 e. The zero-order valence-corrected chi connectivity index (χ0v) is 29.1. The van der Waals surface area contributed by atoms with E-state index in [0.29, 0.717) is 6.54 Å². The number of halogens is 3. The molecule has 0 aliphatic heterocycles. The van der Waals surface area contributed by atoms with Gasteiger partial charge in [0.2, 0.25) is 5.71 Å². The number of alkyl halides is 3. The second-order valence-corrected chi connectivity index (χ2v) is 14.7. The molecule has 0 bridgehead atoms. The van der Waals surface area contributed by atoms with Crippen molar-refractivity contribution in [3.05, 3.63) is 111 Å². The molecule has 1 aliphatic carbocycles. The molecular formula is C35H41F3N4O4S2. The molecule has 48 heavy (non-hydrogen) atoms. The summed E-state index contributed by atoms with van der Waals surface area (Å²) in [4.78, 5) is 7.61. The summed E-state index contributed by atoms with van der Waals surface area (Å²) >= 11 is 0. The van der Waals surface area contributed by atoms with Gasteiger partial charge in [0, 0.05) is 49.4 Å². The second kappa shape index (κ2) is 15.5. The predicted molar refractivity (Wildman–Crippen MR) is 188 cm³/mol. The molecular weight excluding hydrogens is 662 g/mol. The summed E-state index contributed by atoms with van der Waals surface area (Å²) < 4.78 is 86.7. The first-order valence-corrected chi connectivity index (χ1v) is 18.9. The van der Waals surface area contributed by atoms with Crippen LogP contribution < -0.4 is 14.8 Å². The van der Waals surface area contributed by atoms with E-state index >= 15 is 0 Å². The van der Waals surface area contributed by atoms with Crippen molar-refractivity contribution < 1.29 is 35.0 Å². The van der Waals surface area contributed by atoms with E-state index in [9.17, 15) is 30.0 Å². The van der Waals surface area contributed by atoms with Crippen LogP contribution in [-0.4, -0.2) is 66.5 Å². The fraction of sp³-hybridized carbons (Fsp3) is 0.343. The zero-order chi connectivity index (χ0) is 35.1. The molecule has 0 heterocycles. The standard InChI is InChI=1S/C35H40F3N4O4S2/c1-5-39-33-23-22-32(30-12-9-10-13-31(30)33)34(26-14-18-28(19-15-26)41(6-2)7-3)27-16-20-29(21-17-27)42(8-4)24-11-25-47(43,44)40-48(45,46)35(36,37)38/h9-10,12-23H,5-8,11,24-25H2,1-4H3/q-1/p+1/b34-32-,39-33?. The highest BCUT2D eigenvalue weighted by Crippen LogP contribution is 2.38. The summed E-state index contributed by atoms with van der Waals surface area (Å²) in [6.45, 7) is 11.4. The van der Waals surface area contributed by atoms with Crippen LogP contribution in [0.25, 0.3) is 15.3 Å². The number of anilines is 2. The number of nitrogens with one attached hydrogen (secondary N) is 1. The van der Waals surface area contributed by atoms with E-state index in [0.717, 1.165) is 70.1 Å². The highest BCUT2D eigenvalue weighted by atomic mass is 32.3. The number of nitrogens with zero attached hydrogens (tertiary/aromatic N) is 3. The zero-order valence-electron chi connectivity index (χ0n) is 27.5. The Hall–Kier alpha value is -3.94. The van der Waals surface area contributed by atoms with E-state index in [1.54, 1.807) is 0 Å². The summed E-state index contributed by atoms with van der Waals surface area (Å²) in [6.07, 6.45) is 4.11. The Bertz CT molecular complexity index is 1880. The predicted octanol–water partition coefficient (Wildman–Crippen LogP) is 5.72. The van der Waals surface area contributed by atoms with Crippen LogP contribution in [0.2, 0.25) is 0 Å². The first kappa shape index (κ1) is 36.9. The number of rotatable bonds is 14. The molecule has 8 nitrogen and oxygen atoms in total. The maximum absolute atomic E-state index is 12.6. The molecule has 0 atom stereocenters. The van der Waals surface area contributed by atoms with Crippen LogP contribution in [0.1, 0.15) is 56.4 Å². The lowest BCUT2D eigenvalue weighted by Gasteiger charge is -2.26. The van der Waals surface area contributed by atoms with Gasteiger partial charge in [0.15, 0.2) is 10.0 Å². The van der Waals surface area contributed by atoms with E-state index in [2.05, 4.69) is 83.3 Å². The molecule has 1 aliphatic rings. The van der Waals surface area contributed by atoms with E-state index in [-0.39, 0.29) is 13.0 Å². The average Bonchev–Trinajstić information content (AvgIpc) is 3.05. The molecule has 3 aromatic rings. The average molecular weight is 703 g/mol. The highest BCUT2D eigenvalue weighted by molar-refractivity contribution is 8.12. The summed E-state index contributed by atoms with van der Waals surface area (Å²) in [6, 6.07) is 24.6. The number of allylic oxidation sites excluding steroid dienone is 3. The summed E-state index contributed by atoms with van der Waals surface area (Å²) in [5.41, 5.74) is 3.48. The number of fused-ring (bicyclic) bond motifs is 1. The van der Waals surface area contributed by atoms with Crippen LogP contribution in [-0.2, 0) is 20.0 Å². The Balaban J connectivity index is 1.68. The van der Waals surface area contributed by atoms with Gasteiger partial charge in [0.25, 0.3) is 0 Å². The molecule has 0 saturated carbocycles. The van der Waals surface area contributed by atoms with Gasteiger partial charge in [-0.2, -0.15) is 13.2 Å². The second-order valence-electron chi connectivity index (χ2n) is 11.1. The van der Waals surface area contributed by atoms with Crippen LogP contribution in [0.5, 0.6) is 0 Å². The smallest absolute Gasteiger partial charge is 0.428 e. The lowest BCUT2D eigenvalue weighted by Crippen LogP contribution is -2.72. The maximum Gasteiger partial charge on any atom is 0.480 e. The van der Waals surface area contributed by atoms with E-state index in [4.69, 9.17) is 0 Å². The van der Waals surface area contributed by atoms with Gasteiger partial charge >= 0.3 is 5.51 Å². The van der Waals surface area contributed by atoms with Gasteiger partial charge in [-0.25, -0.2) is 21.8 Å². The molecule has 4 rings (SSSR count). The molecule has 0 spiro atoms. The van der Waals surface area contributed by atoms with Crippen molar-refractivity contribution in [2.24, 2.45) is 0 Å². The van der Waals surface area contributed by atoms with Crippen molar-refractivity contribution in [1.29, 1.82) is 0 Å². The third kappa shape index (κ3) is 8.55. The van der Waals surface area contributed by atoms with Crippen molar-refractivity contribution >= 4 is 48.3 Å². The quantitative estimate of drug-likeness (QED) is 0.231. The van der Waals surface area contributed by atoms with Gasteiger partial charge in [0.05, 0.1) is 15.6 Å². The molecule has 1 N–H and O–H groups in total. The summed E-state index contributed by atoms with van der Waals surface area (Å²) in [5.74, 6) is -0.839. The summed E-state index contributed by atoms with van der Waals surface area (Å²) in [7, 11) is -11.0. The van der Waals surface area contributed by atoms with Crippen LogP contribution in [0.15, 0.2) is 84.9 Å². The molecule has 0 radical (unpaired) electrons. The van der Waals surface area contributed by atoms with Gasteiger partial charge < -0.3 is 13.9 Å². The fourth-order valence-electron chi connectivity index (χ4n) is 5.74. The van der Waals surface area contributed by atoms with E-state index in [1.165, 1.54) is 0 Å². The molecule has 0 fully saturated rings. The van der Waals surface area contributed by atoms with E-state index in [1.807, 2.05) is 48.2 Å². The maximum atomic E-state index is 12.6. The Morgan fingerprint density at radius 1 is 0.729 bits per heavy atom. The Labute approximate surface area is 281 Å². The Morgan fingerprint density at radius 2 is 1.25 bits per heavy atom. The van der Waals surface area contributed by atoms with Crippen LogP contribution in [0, 0.1) is 0 Å². The van der Waals surface area contributed by atoms with Crippen LogP contribution >= 0.6 is 0 Å². The van der Waals surface area contributed by atoms with Crippen molar-refractivity contribution in [2.45, 2.75) is 39.6 Å². The van der Waals surface area contributed by atoms with Crippen LogP contribution in [0.4, 0.5) is 24.5 Å². The molecule has 0 saturated heterocycles. The molecule has 0 unspecified atom stereocenters.